The van der Waals surface area contributed by atoms with Crippen LogP contribution in [0.2, 0.25) is 0 Å². The Morgan fingerprint density at radius 3 is 2.55 bits per heavy atom. The van der Waals surface area contributed by atoms with Crippen molar-refractivity contribution in [2.24, 2.45) is 0 Å². The number of nitrogens with zero attached hydrogens (tertiary/aromatic N) is 3. The first kappa shape index (κ1) is 25.5. The van der Waals surface area contributed by atoms with Gasteiger partial charge in [-0.1, -0.05) is 72.8 Å². The van der Waals surface area contributed by atoms with Crippen molar-refractivity contribution in [3.63, 3.8) is 0 Å². The van der Waals surface area contributed by atoms with E-state index in [1.165, 1.54) is 17.7 Å². The Kier molecular flexibility index (Phi) is 8.04. The summed E-state index contributed by atoms with van der Waals surface area (Å²) in [5.41, 5.74) is 3.40. The van der Waals surface area contributed by atoms with Crippen LogP contribution in [0.15, 0.2) is 91.1 Å². The van der Waals surface area contributed by atoms with Crippen LogP contribution in [0.4, 0.5) is 10.3 Å². The molecular weight excluding hydrogens is 479 g/mol. The van der Waals surface area contributed by atoms with E-state index < -0.39 is 18.0 Å². The zero-order valence-corrected chi connectivity index (χ0v) is 21.1. The third-order valence-corrected chi connectivity index (χ3v) is 6.97. The van der Waals surface area contributed by atoms with E-state index >= 15 is 0 Å². The van der Waals surface area contributed by atoms with Crippen LogP contribution in [0, 0.1) is 5.82 Å². The second-order valence-electron chi connectivity index (χ2n) is 9.55. The van der Waals surface area contributed by atoms with Crippen LogP contribution < -0.4 is 5.32 Å². The molecule has 0 aliphatic carbocycles. The normalized spacial score (nSPS) is 16.2. The Labute approximate surface area is 222 Å². The lowest BCUT2D eigenvalue weighted by Gasteiger charge is -2.39. The molecule has 0 radical (unpaired) electrons. The molecule has 2 atom stereocenters. The van der Waals surface area contributed by atoms with E-state index in [4.69, 9.17) is 4.98 Å². The van der Waals surface area contributed by atoms with Crippen molar-refractivity contribution in [3.05, 3.63) is 114 Å². The molecular formula is C31H31FN4O2. The molecule has 4 aromatic rings. The molecule has 2 unspecified atom stereocenters. The van der Waals surface area contributed by atoms with Gasteiger partial charge in [-0.2, -0.15) is 0 Å². The number of rotatable bonds is 8. The van der Waals surface area contributed by atoms with Crippen LogP contribution in [0.3, 0.4) is 0 Å². The van der Waals surface area contributed by atoms with Crippen molar-refractivity contribution in [1.29, 1.82) is 0 Å². The molecule has 1 amide bonds. The average Bonchev–Trinajstić information content (AvgIpc) is 2.97. The van der Waals surface area contributed by atoms with Crippen molar-refractivity contribution in [2.75, 3.05) is 18.4 Å². The van der Waals surface area contributed by atoms with Crippen LogP contribution in [0.5, 0.6) is 0 Å². The Hall–Kier alpha value is -4.10. The smallest absolute Gasteiger partial charge is 0.258 e. The van der Waals surface area contributed by atoms with E-state index in [9.17, 15) is 14.3 Å². The quantitative estimate of drug-likeness (QED) is 0.320. The van der Waals surface area contributed by atoms with Gasteiger partial charge in [0.25, 0.3) is 5.91 Å². The molecule has 3 aromatic carbocycles. The number of carbonyl (C=O) groups is 1. The maximum atomic E-state index is 14.0. The van der Waals surface area contributed by atoms with Gasteiger partial charge >= 0.3 is 0 Å². The molecule has 2 N–H and O–H groups in total. The first-order chi connectivity index (χ1) is 18.6. The largest absolute Gasteiger partial charge is 0.386 e. The first-order valence-corrected chi connectivity index (χ1v) is 13.0. The number of piperidine rings is 1. The number of halogens is 1. The Bertz CT molecular complexity index is 1370. The van der Waals surface area contributed by atoms with Gasteiger partial charge < -0.3 is 15.3 Å². The van der Waals surface area contributed by atoms with Crippen LogP contribution in [-0.4, -0.2) is 45.0 Å². The lowest BCUT2D eigenvalue weighted by atomic mass is 9.92. The van der Waals surface area contributed by atoms with Crippen molar-refractivity contribution in [2.45, 2.75) is 37.8 Å². The number of nitrogens with one attached hydrogen (secondary N) is 1. The SMILES string of the molecule is O=C(c1cnc(NCCc2ccccc2)nc1-c1ccccc1)N1CCCCC1C(O)c1cccc(F)c1. The molecule has 2 heterocycles. The minimum absolute atomic E-state index is 0.236. The van der Waals surface area contributed by atoms with Crippen LogP contribution in [0.1, 0.15) is 46.9 Å². The van der Waals surface area contributed by atoms with Crippen molar-refractivity contribution < 1.29 is 14.3 Å². The summed E-state index contributed by atoms with van der Waals surface area (Å²) in [5, 5.41) is 14.4. The summed E-state index contributed by atoms with van der Waals surface area (Å²) in [6, 6.07) is 25.2. The molecule has 1 saturated heterocycles. The molecule has 7 heteroatoms. The number of aliphatic hydroxyl groups excluding tert-OH is 1. The van der Waals surface area contributed by atoms with Crippen LogP contribution in [-0.2, 0) is 6.42 Å². The first-order valence-electron chi connectivity index (χ1n) is 13.0. The van der Waals surface area contributed by atoms with E-state index in [1.807, 2.05) is 48.5 Å². The van der Waals surface area contributed by atoms with Crippen LogP contribution in [0.25, 0.3) is 11.3 Å². The highest BCUT2D eigenvalue weighted by Gasteiger charge is 2.35. The average molecular weight is 511 g/mol. The number of anilines is 1. The van der Waals surface area contributed by atoms with Crippen molar-refractivity contribution in [3.8, 4) is 11.3 Å². The van der Waals surface area contributed by atoms with Gasteiger partial charge in [0.1, 0.15) is 5.82 Å². The van der Waals surface area contributed by atoms with E-state index in [0.29, 0.717) is 42.3 Å². The number of hydrogen-bond donors (Lipinski definition) is 2. The predicted octanol–water partition coefficient (Wildman–Crippen LogP) is 5.67. The molecule has 1 aromatic heterocycles. The molecule has 1 aliphatic rings. The maximum absolute atomic E-state index is 14.0. The Morgan fingerprint density at radius 1 is 1.03 bits per heavy atom. The highest BCUT2D eigenvalue weighted by molar-refractivity contribution is 6.00. The molecule has 1 fully saturated rings. The van der Waals surface area contributed by atoms with Gasteiger partial charge in [-0.25, -0.2) is 14.4 Å². The highest BCUT2D eigenvalue weighted by Crippen LogP contribution is 2.32. The number of aliphatic hydroxyl groups is 1. The second kappa shape index (κ2) is 12.0. The van der Waals surface area contributed by atoms with Crippen LogP contribution >= 0.6 is 0 Å². The Balaban J connectivity index is 1.42. The molecule has 1 aliphatic heterocycles. The summed E-state index contributed by atoms with van der Waals surface area (Å²) in [7, 11) is 0. The fraction of sp³-hybridized carbons (Fsp3) is 0.258. The molecule has 5 rings (SSSR count). The predicted molar refractivity (Wildman–Crippen MR) is 146 cm³/mol. The zero-order chi connectivity index (χ0) is 26.3. The highest BCUT2D eigenvalue weighted by atomic mass is 19.1. The summed E-state index contributed by atoms with van der Waals surface area (Å²) >= 11 is 0. The maximum Gasteiger partial charge on any atom is 0.258 e. The molecule has 0 bridgehead atoms. The molecule has 6 nitrogen and oxygen atoms in total. The van der Waals surface area contributed by atoms with E-state index in [-0.39, 0.29) is 5.91 Å². The molecule has 0 spiro atoms. The summed E-state index contributed by atoms with van der Waals surface area (Å²) in [6.45, 7) is 1.15. The van der Waals surface area contributed by atoms with Crippen molar-refractivity contribution in [1.82, 2.24) is 14.9 Å². The van der Waals surface area contributed by atoms with Gasteiger partial charge in [-0.05, 0) is 48.9 Å². The number of hydrogen-bond acceptors (Lipinski definition) is 5. The summed E-state index contributed by atoms with van der Waals surface area (Å²) < 4.78 is 13.9. The van der Waals surface area contributed by atoms with E-state index in [0.717, 1.165) is 24.8 Å². The van der Waals surface area contributed by atoms with Gasteiger partial charge in [0.05, 0.1) is 23.4 Å². The Morgan fingerprint density at radius 2 is 1.79 bits per heavy atom. The fourth-order valence-corrected chi connectivity index (χ4v) is 5.01. The van der Waals surface area contributed by atoms with Gasteiger partial charge in [-0.3, -0.25) is 4.79 Å². The van der Waals surface area contributed by atoms with E-state index in [1.54, 1.807) is 23.2 Å². The number of benzene rings is 3. The molecule has 0 saturated carbocycles. The van der Waals surface area contributed by atoms with Gasteiger partial charge in [0.2, 0.25) is 5.95 Å². The molecule has 38 heavy (non-hydrogen) atoms. The minimum atomic E-state index is -0.991. The second-order valence-corrected chi connectivity index (χ2v) is 9.55. The summed E-state index contributed by atoms with van der Waals surface area (Å²) in [6.07, 6.45) is 3.74. The molecule has 194 valence electrons. The lowest BCUT2D eigenvalue weighted by Crippen LogP contribution is -2.47. The van der Waals surface area contributed by atoms with Crippen molar-refractivity contribution >= 4 is 11.9 Å². The van der Waals surface area contributed by atoms with Gasteiger partial charge in [-0.15, -0.1) is 0 Å². The fourth-order valence-electron chi connectivity index (χ4n) is 5.01. The number of likely N-dealkylation sites (tertiary alicyclic amines) is 1. The minimum Gasteiger partial charge on any atom is -0.386 e. The lowest BCUT2D eigenvalue weighted by molar-refractivity contribution is 0.0211. The topological polar surface area (TPSA) is 78.4 Å². The number of amides is 1. The standard InChI is InChI=1S/C31H31FN4O2/c32-25-15-9-14-24(20-25)29(37)27-16-7-8-19-36(27)30(38)26-21-34-31(33-18-17-22-10-3-1-4-11-22)35-28(26)23-12-5-2-6-13-23/h1-6,9-15,20-21,27,29,37H,7-8,16-19H2,(H,33,34,35). The number of carbonyl (C=O) groups excluding carboxylic acids is 1. The third-order valence-electron chi connectivity index (χ3n) is 6.97. The monoisotopic (exact) mass is 510 g/mol. The summed E-state index contributed by atoms with van der Waals surface area (Å²) in [5.74, 6) is -0.198. The summed E-state index contributed by atoms with van der Waals surface area (Å²) in [4.78, 5) is 24.9. The van der Waals surface area contributed by atoms with Gasteiger partial charge in [0.15, 0.2) is 0 Å². The number of aromatic nitrogens is 2. The van der Waals surface area contributed by atoms with E-state index in [2.05, 4.69) is 22.4 Å². The van der Waals surface area contributed by atoms with Gasteiger partial charge in [0, 0.05) is 24.8 Å². The zero-order valence-electron chi connectivity index (χ0n) is 21.1. The third kappa shape index (κ3) is 5.89.